The molecule has 108 valence electrons. The van der Waals surface area contributed by atoms with Crippen LogP contribution < -0.4 is 4.90 Å². The van der Waals surface area contributed by atoms with Gasteiger partial charge in [-0.3, -0.25) is 0 Å². The second-order valence-electron chi connectivity index (χ2n) is 5.13. The molecule has 1 nitrogen and oxygen atoms in total. The van der Waals surface area contributed by atoms with Gasteiger partial charge in [-0.25, -0.2) is 0 Å². The zero-order valence-electron chi connectivity index (χ0n) is 12.5. The Morgan fingerprint density at radius 3 is 1.45 bits per heavy atom. The summed E-state index contributed by atoms with van der Waals surface area (Å²) in [5.41, 5.74) is 3.54. The summed E-state index contributed by atoms with van der Waals surface area (Å²) in [5, 5.41) is 0. The highest BCUT2D eigenvalue weighted by Gasteiger charge is 2.19. The van der Waals surface area contributed by atoms with Crippen LogP contribution >= 0.6 is 0 Å². The zero-order valence-corrected chi connectivity index (χ0v) is 12.5. The fourth-order valence-electron chi connectivity index (χ4n) is 2.69. The van der Waals surface area contributed by atoms with Crippen molar-refractivity contribution < 1.29 is 0 Å². The lowest BCUT2D eigenvalue weighted by molar-refractivity contribution is 0.853. The van der Waals surface area contributed by atoms with E-state index in [-0.39, 0.29) is 6.04 Å². The number of nitrogens with zero attached hydrogens (tertiary/aromatic N) is 1. The van der Waals surface area contributed by atoms with Gasteiger partial charge in [0.15, 0.2) is 0 Å². The van der Waals surface area contributed by atoms with E-state index in [9.17, 15) is 0 Å². The van der Waals surface area contributed by atoms with E-state index in [1.807, 2.05) is 24.3 Å². The van der Waals surface area contributed by atoms with Gasteiger partial charge in [0.1, 0.15) is 0 Å². The summed E-state index contributed by atoms with van der Waals surface area (Å²) in [5.74, 6) is 0. The Morgan fingerprint density at radius 1 is 0.636 bits per heavy atom. The monoisotopic (exact) mass is 285 g/mol. The van der Waals surface area contributed by atoms with Crippen LogP contribution in [0, 0.1) is 0 Å². The van der Waals surface area contributed by atoms with Gasteiger partial charge in [0, 0.05) is 11.4 Å². The maximum atomic E-state index is 4.07. The molecule has 0 radical (unpaired) electrons. The van der Waals surface area contributed by atoms with Crippen molar-refractivity contribution in [3.63, 3.8) is 0 Å². The minimum Gasteiger partial charge on any atom is -0.330 e. The van der Waals surface area contributed by atoms with Crippen LogP contribution in [0.25, 0.3) is 0 Å². The standard InChI is InChI=1S/C21H19N/c1-2-21(18-12-6-3-7-13-18)22(19-14-8-4-9-15-19)20-16-10-5-11-17-20/h2-17,21H,1H2. The Kier molecular flexibility index (Phi) is 4.35. The summed E-state index contributed by atoms with van der Waals surface area (Å²) in [4.78, 5) is 2.31. The number of para-hydroxylation sites is 2. The van der Waals surface area contributed by atoms with Gasteiger partial charge in [-0.2, -0.15) is 0 Å². The van der Waals surface area contributed by atoms with Gasteiger partial charge >= 0.3 is 0 Å². The van der Waals surface area contributed by atoms with Crippen LogP contribution in [0.5, 0.6) is 0 Å². The molecule has 0 amide bonds. The van der Waals surface area contributed by atoms with Crippen molar-refractivity contribution in [2.75, 3.05) is 4.90 Å². The lowest BCUT2D eigenvalue weighted by atomic mass is 10.0. The highest BCUT2D eigenvalue weighted by atomic mass is 15.2. The van der Waals surface area contributed by atoms with Crippen LogP contribution in [0.1, 0.15) is 11.6 Å². The number of benzene rings is 3. The van der Waals surface area contributed by atoms with E-state index in [0.717, 1.165) is 11.4 Å². The molecule has 1 heteroatoms. The Hall–Kier alpha value is -2.80. The Bertz CT molecular complexity index is 665. The normalized spacial score (nSPS) is 11.6. The van der Waals surface area contributed by atoms with Crippen LogP contribution in [0.4, 0.5) is 11.4 Å². The first-order chi connectivity index (χ1) is 10.9. The van der Waals surface area contributed by atoms with Gasteiger partial charge in [-0.15, -0.1) is 6.58 Å². The summed E-state index contributed by atoms with van der Waals surface area (Å²) in [7, 11) is 0. The summed E-state index contributed by atoms with van der Waals surface area (Å²) >= 11 is 0. The molecule has 0 saturated carbocycles. The Balaban J connectivity index is 2.11. The predicted octanol–water partition coefficient (Wildman–Crippen LogP) is 5.75. The predicted molar refractivity (Wildman–Crippen MR) is 94.4 cm³/mol. The number of anilines is 2. The molecule has 0 aromatic heterocycles. The molecule has 0 bridgehead atoms. The summed E-state index contributed by atoms with van der Waals surface area (Å²) in [6.07, 6.45) is 2.00. The summed E-state index contributed by atoms with van der Waals surface area (Å²) in [6.45, 7) is 4.07. The van der Waals surface area contributed by atoms with E-state index < -0.39 is 0 Å². The lowest BCUT2D eigenvalue weighted by Gasteiger charge is -2.32. The second-order valence-corrected chi connectivity index (χ2v) is 5.13. The van der Waals surface area contributed by atoms with Gasteiger partial charge < -0.3 is 4.90 Å². The van der Waals surface area contributed by atoms with E-state index in [4.69, 9.17) is 0 Å². The van der Waals surface area contributed by atoms with Gasteiger partial charge in [0.25, 0.3) is 0 Å². The largest absolute Gasteiger partial charge is 0.330 e. The van der Waals surface area contributed by atoms with E-state index in [1.54, 1.807) is 0 Å². The van der Waals surface area contributed by atoms with E-state index in [1.165, 1.54) is 5.56 Å². The first-order valence-electron chi connectivity index (χ1n) is 7.47. The van der Waals surface area contributed by atoms with Crippen molar-refractivity contribution >= 4 is 11.4 Å². The zero-order chi connectivity index (χ0) is 15.2. The maximum absolute atomic E-state index is 4.07. The van der Waals surface area contributed by atoms with E-state index in [0.29, 0.717) is 0 Å². The van der Waals surface area contributed by atoms with Crippen LogP contribution in [0.3, 0.4) is 0 Å². The molecule has 0 fully saturated rings. The third-order valence-corrected chi connectivity index (χ3v) is 3.71. The summed E-state index contributed by atoms with van der Waals surface area (Å²) in [6, 6.07) is 31.4. The fraction of sp³-hybridized carbons (Fsp3) is 0.0476. The average molecular weight is 285 g/mol. The van der Waals surface area contributed by atoms with Gasteiger partial charge in [0.05, 0.1) is 6.04 Å². The van der Waals surface area contributed by atoms with E-state index >= 15 is 0 Å². The van der Waals surface area contributed by atoms with Gasteiger partial charge in [0.2, 0.25) is 0 Å². The average Bonchev–Trinajstić information content (AvgIpc) is 2.62. The number of rotatable bonds is 5. The highest BCUT2D eigenvalue weighted by molar-refractivity contribution is 5.65. The molecule has 22 heavy (non-hydrogen) atoms. The molecule has 0 saturated heterocycles. The van der Waals surface area contributed by atoms with Crippen molar-refractivity contribution in [1.82, 2.24) is 0 Å². The van der Waals surface area contributed by atoms with Crippen LogP contribution in [-0.4, -0.2) is 0 Å². The summed E-state index contributed by atoms with van der Waals surface area (Å²) < 4.78 is 0. The topological polar surface area (TPSA) is 3.24 Å². The molecule has 3 aromatic rings. The van der Waals surface area contributed by atoms with Crippen molar-refractivity contribution in [1.29, 1.82) is 0 Å². The minimum atomic E-state index is 0.0889. The molecular formula is C21H19N. The van der Waals surface area contributed by atoms with Crippen LogP contribution in [0.2, 0.25) is 0 Å². The van der Waals surface area contributed by atoms with Crippen molar-refractivity contribution in [3.05, 3.63) is 109 Å². The second kappa shape index (κ2) is 6.77. The molecule has 1 unspecified atom stereocenters. The number of hydrogen-bond acceptors (Lipinski definition) is 1. The third kappa shape index (κ3) is 2.94. The first kappa shape index (κ1) is 14.2. The van der Waals surface area contributed by atoms with Crippen molar-refractivity contribution in [2.24, 2.45) is 0 Å². The van der Waals surface area contributed by atoms with Gasteiger partial charge in [-0.1, -0.05) is 72.8 Å². The minimum absolute atomic E-state index is 0.0889. The quantitative estimate of drug-likeness (QED) is 0.539. The lowest BCUT2D eigenvalue weighted by Crippen LogP contribution is -2.22. The molecule has 3 rings (SSSR count). The molecular weight excluding hydrogens is 266 g/mol. The molecule has 0 spiro atoms. The first-order valence-corrected chi connectivity index (χ1v) is 7.47. The van der Waals surface area contributed by atoms with Crippen molar-refractivity contribution in [3.8, 4) is 0 Å². The SMILES string of the molecule is C=CC(c1ccccc1)N(c1ccccc1)c1ccccc1. The van der Waals surface area contributed by atoms with Crippen molar-refractivity contribution in [2.45, 2.75) is 6.04 Å². The molecule has 0 aliphatic carbocycles. The molecule has 0 aliphatic heterocycles. The number of hydrogen-bond donors (Lipinski definition) is 0. The molecule has 1 atom stereocenters. The third-order valence-electron chi connectivity index (χ3n) is 3.71. The molecule has 3 aromatic carbocycles. The molecule has 0 aliphatic rings. The maximum Gasteiger partial charge on any atom is 0.0772 e. The smallest absolute Gasteiger partial charge is 0.0772 e. The molecule has 0 heterocycles. The van der Waals surface area contributed by atoms with E-state index in [2.05, 4.69) is 84.3 Å². The van der Waals surface area contributed by atoms with Gasteiger partial charge in [-0.05, 0) is 29.8 Å². The Labute approximate surface area is 132 Å². The highest BCUT2D eigenvalue weighted by Crippen LogP contribution is 2.35. The van der Waals surface area contributed by atoms with Crippen LogP contribution in [0.15, 0.2) is 104 Å². The van der Waals surface area contributed by atoms with Crippen LogP contribution in [-0.2, 0) is 0 Å². The Morgan fingerprint density at radius 2 is 1.05 bits per heavy atom. The molecule has 0 N–H and O–H groups in total. The fourth-order valence-corrected chi connectivity index (χ4v) is 2.69.